The fraction of sp³-hybridized carbons (Fsp3) is 0.300. The van der Waals surface area contributed by atoms with E-state index in [1.807, 2.05) is 47.4 Å². The predicted octanol–water partition coefficient (Wildman–Crippen LogP) is 3.59. The van der Waals surface area contributed by atoms with E-state index in [9.17, 15) is 4.79 Å². The van der Waals surface area contributed by atoms with Crippen LogP contribution in [-0.4, -0.2) is 41.0 Å². The van der Waals surface area contributed by atoms with Crippen LogP contribution in [-0.2, 0) is 0 Å². The summed E-state index contributed by atoms with van der Waals surface area (Å²) in [7, 11) is 1.61. The highest BCUT2D eigenvalue weighted by Crippen LogP contribution is 2.28. The number of imidazole rings is 1. The lowest BCUT2D eigenvalue weighted by Gasteiger charge is -2.32. The largest absolute Gasteiger partial charge is 0.497 e. The molecule has 1 fully saturated rings. The predicted molar refractivity (Wildman–Crippen MR) is 97.0 cm³/mol. The molecule has 3 aromatic rings. The Labute approximate surface area is 146 Å². The first-order chi connectivity index (χ1) is 12.2. The van der Waals surface area contributed by atoms with Crippen LogP contribution >= 0.6 is 0 Å². The van der Waals surface area contributed by atoms with Gasteiger partial charge >= 0.3 is 0 Å². The van der Waals surface area contributed by atoms with Gasteiger partial charge in [-0.2, -0.15) is 0 Å². The third kappa shape index (κ3) is 3.09. The van der Waals surface area contributed by atoms with Crippen LogP contribution in [0.4, 0.5) is 0 Å². The van der Waals surface area contributed by atoms with Crippen molar-refractivity contribution in [3.05, 3.63) is 59.9 Å². The van der Waals surface area contributed by atoms with Crippen LogP contribution in [0.2, 0.25) is 0 Å². The number of nitrogens with zero attached hydrogens (tertiary/aromatic N) is 2. The summed E-state index contributed by atoms with van der Waals surface area (Å²) in [5.41, 5.74) is 2.70. The number of fused-ring (bicyclic) bond motifs is 1. The number of methoxy groups -OCH3 is 1. The Morgan fingerprint density at radius 3 is 2.96 bits per heavy atom. The van der Waals surface area contributed by atoms with Gasteiger partial charge < -0.3 is 14.6 Å². The molecule has 0 saturated carbocycles. The Kier molecular flexibility index (Phi) is 4.14. The van der Waals surface area contributed by atoms with Gasteiger partial charge in [0.1, 0.15) is 11.6 Å². The molecule has 1 aliphatic heterocycles. The number of carbonyl (C=O) groups is 1. The van der Waals surface area contributed by atoms with Crippen molar-refractivity contribution in [2.24, 2.45) is 0 Å². The molecule has 1 aromatic heterocycles. The van der Waals surface area contributed by atoms with E-state index in [0.717, 1.165) is 36.2 Å². The van der Waals surface area contributed by atoms with Gasteiger partial charge in [-0.05, 0) is 43.2 Å². The Morgan fingerprint density at radius 1 is 1.24 bits per heavy atom. The van der Waals surface area contributed by atoms with E-state index in [1.54, 1.807) is 13.2 Å². The number of carbonyl (C=O) groups excluding carboxylic acids is 1. The van der Waals surface area contributed by atoms with Gasteiger partial charge in [-0.3, -0.25) is 4.79 Å². The van der Waals surface area contributed by atoms with Gasteiger partial charge in [-0.25, -0.2) is 4.98 Å². The van der Waals surface area contributed by atoms with Crippen molar-refractivity contribution in [2.75, 3.05) is 20.2 Å². The summed E-state index contributed by atoms with van der Waals surface area (Å²) in [5, 5.41) is 0. The zero-order valence-corrected chi connectivity index (χ0v) is 14.2. The molecule has 25 heavy (non-hydrogen) atoms. The highest BCUT2D eigenvalue weighted by Gasteiger charge is 2.27. The normalized spacial score (nSPS) is 17.6. The second kappa shape index (κ2) is 6.59. The van der Waals surface area contributed by atoms with Crippen LogP contribution in [0, 0.1) is 0 Å². The number of para-hydroxylation sites is 2. The zero-order valence-electron chi connectivity index (χ0n) is 14.2. The second-order valence-corrected chi connectivity index (χ2v) is 6.46. The van der Waals surface area contributed by atoms with Crippen molar-refractivity contribution in [3.8, 4) is 5.75 Å². The van der Waals surface area contributed by atoms with E-state index in [4.69, 9.17) is 9.72 Å². The van der Waals surface area contributed by atoms with Crippen molar-refractivity contribution >= 4 is 16.9 Å². The number of hydrogen-bond acceptors (Lipinski definition) is 3. The van der Waals surface area contributed by atoms with E-state index in [-0.39, 0.29) is 11.8 Å². The van der Waals surface area contributed by atoms with Crippen LogP contribution in [0.3, 0.4) is 0 Å². The molecular weight excluding hydrogens is 314 g/mol. The average Bonchev–Trinajstić information content (AvgIpc) is 3.12. The van der Waals surface area contributed by atoms with Gasteiger partial charge in [-0.15, -0.1) is 0 Å². The molecule has 4 rings (SSSR count). The number of benzene rings is 2. The highest BCUT2D eigenvalue weighted by molar-refractivity contribution is 5.94. The first-order valence-corrected chi connectivity index (χ1v) is 8.62. The molecule has 128 valence electrons. The van der Waals surface area contributed by atoms with Gasteiger partial charge in [0.2, 0.25) is 0 Å². The minimum absolute atomic E-state index is 0.0553. The van der Waals surface area contributed by atoms with Crippen molar-refractivity contribution in [2.45, 2.75) is 18.8 Å². The SMILES string of the molecule is COc1cccc(C(=O)N2CCCC(c3nc4ccccc4[nH]3)C2)c1. The van der Waals surface area contributed by atoms with Crippen molar-refractivity contribution < 1.29 is 9.53 Å². The van der Waals surface area contributed by atoms with E-state index in [1.165, 1.54) is 0 Å². The van der Waals surface area contributed by atoms with Crippen LogP contribution in [0.25, 0.3) is 11.0 Å². The molecular formula is C20H21N3O2. The molecule has 5 nitrogen and oxygen atoms in total. The number of nitrogens with one attached hydrogen (secondary N) is 1. The lowest BCUT2D eigenvalue weighted by molar-refractivity contribution is 0.0704. The van der Waals surface area contributed by atoms with E-state index >= 15 is 0 Å². The van der Waals surface area contributed by atoms with Crippen molar-refractivity contribution in [1.82, 2.24) is 14.9 Å². The Hall–Kier alpha value is -2.82. The van der Waals surface area contributed by atoms with E-state index < -0.39 is 0 Å². The maximum Gasteiger partial charge on any atom is 0.254 e. The molecule has 1 atom stereocenters. The summed E-state index contributed by atoms with van der Waals surface area (Å²) >= 11 is 0. The first-order valence-electron chi connectivity index (χ1n) is 8.62. The van der Waals surface area contributed by atoms with Crippen molar-refractivity contribution in [1.29, 1.82) is 0 Å². The molecule has 1 aliphatic rings. The summed E-state index contributed by atoms with van der Waals surface area (Å²) in [6.07, 6.45) is 2.03. The van der Waals surface area contributed by atoms with Gasteiger partial charge in [-0.1, -0.05) is 18.2 Å². The van der Waals surface area contributed by atoms with Crippen LogP contribution in [0.1, 0.15) is 34.9 Å². The topological polar surface area (TPSA) is 58.2 Å². The average molecular weight is 335 g/mol. The number of ether oxygens (including phenoxy) is 1. The maximum atomic E-state index is 12.9. The number of hydrogen-bond donors (Lipinski definition) is 1. The standard InChI is InChI=1S/C20H21N3O2/c1-25-16-8-4-6-14(12-16)20(24)23-11-5-7-15(13-23)19-21-17-9-2-3-10-18(17)22-19/h2-4,6,8-10,12,15H,5,7,11,13H2,1H3,(H,21,22). The number of piperidine rings is 1. The molecule has 1 N–H and O–H groups in total. The fourth-order valence-electron chi connectivity index (χ4n) is 3.49. The number of amides is 1. The van der Waals surface area contributed by atoms with Gasteiger partial charge in [0.25, 0.3) is 5.91 Å². The fourth-order valence-corrected chi connectivity index (χ4v) is 3.49. The summed E-state index contributed by atoms with van der Waals surface area (Å²) < 4.78 is 5.23. The smallest absolute Gasteiger partial charge is 0.254 e. The van der Waals surface area contributed by atoms with Gasteiger partial charge in [0.15, 0.2) is 0 Å². The monoisotopic (exact) mass is 335 g/mol. The molecule has 5 heteroatoms. The number of aromatic amines is 1. The molecule has 0 spiro atoms. The number of H-pyrrole nitrogens is 1. The summed E-state index contributed by atoms with van der Waals surface area (Å²) in [4.78, 5) is 22.9. The van der Waals surface area contributed by atoms with Gasteiger partial charge in [0, 0.05) is 24.6 Å². The maximum absolute atomic E-state index is 12.9. The van der Waals surface area contributed by atoms with Crippen LogP contribution in [0.5, 0.6) is 5.75 Å². The molecule has 0 aliphatic carbocycles. The third-order valence-electron chi connectivity index (χ3n) is 4.82. The quantitative estimate of drug-likeness (QED) is 0.796. The Morgan fingerprint density at radius 2 is 2.12 bits per heavy atom. The molecule has 1 unspecified atom stereocenters. The number of likely N-dealkylation sites (tertiary alicyclic amines) is 1. The third-order valence-corrected chi connectivity index (χ3v) is 4.82. The van der Waals surface area contributed by atoms with Gasteiger partial charge in [0.05, 0.1) is 18.1 Å². The Bertz CT molecular complexity index is 870. The highest BCUT2D eigenvalue weighted by atomic mass is 16.5. The summed E-state index contributed by atoms with van der Waals surface area (Å²) in [6, 6.07) is 15.4. The number of aromatic nitrogens is 2. The Balaban J connectivity index is 1.54. The van der Waals surface area contributed by atoms with E-state index in [0.29, 0.717) is 17.9 Å². The molecule has 1 saturated heterocycles. The minimum atomic E-state index is 0.0553. The van der Waals surface area contributed by atoms with Crippen molar-refractivity contribution in [3.63, 3.8) is 0 Å². The lowest BCUT2D eigenvalue weighted by atomic mass is 9.96. The molecule has 2 aromatic carbocycles. The summed E-state index contributed by atoms with van der Waals surface area (Å²) in [6.45, 7) is 1.47. The van der Waals surface area contributed by atoms with E-state index in [2.05, 4.69) is 4.98 Å². The lowest BCUT2D eigenvalue weighted by Crippen LogP contribution is -2.39. The minimum Gasteiger partial charge on any atom is -0.497 e. The van der Waals surface area contributed by atoms with Crippen LogP contribution in [0.15, 0.2) is 48.5 Å². The molecule has 0 radical (unpaired) electrons. The molecule has 1 amide bonds. The van der Waals surface area contributed by atoms with Crippen LogP contribution < -0.4 is 4.74 Å². The summed E-state index contributed by atoms with van der Waals surface area (Å²) in [5.74, 6) is 1.98. The second-order valence-electron chi connectivity index (χ2n) is 6.46. The number of rotatable bonds is 3. The molecule has 2 heterocycles. The molecule has 0 bridgehead atoms. The first kappa shape index (κ1) is 15.7. The zero-order chi connectivity index (χ0) is 17.2.